The van der Waals surface area contributed by atoms with Gasteiger partial charge in [0.25, 0.3) is 0 Å². The molecule has 0 aliphatic carbocycles. The van der Waals surface area contributed by atoms with Crippen LogP contribution < -0.4 is 0 Å². The summed E-state index contributed by atoms with van der Waals surface area (Å²) >= 11 is 9.21. The summed E-state index contributed by atoms with van der Waals surface area (Å²) in [6.45, 7) is 2.82. The molecule has 1 heterocycles. The molecule has 3 nitrogen and oxygen atoms in total. The van der Waals surface area contributed by atoms with Crippen molar-refractivity contribution < 1.29 is 4.79 Å². The number of carbonyl (C=O) groups is 1. The molecule has 0 aliphatic rings. The number of Topliss-reactive ketones (excluding diaryl/α,β-unsaturated/α-hetero) is 1. The Balaban J connectivity index is 2.14. The Labute approximate surface area is 119 Å². The first-order valence-corrected chi connectivity index (χ1v) is 6.77. The number of halogens is 2. The van der Waals surface area contributed by atoms with Crippen LogP contribution in [0, 0.1) is 0 Å². The van der Waals surface area contributed by atoms with E-state index in [9.17, 15) is 4.79 Å². The number of benzene rings is 1. The number of aromatic nitrogens is 2. The fourth-order valence-corrected chi connectivity index (χ4v) is 2.12. The Hall–Kier alpha value is -1.13. The highest BCUT2D eigenvalue weighted by molar-refractivity contribution is 9.10. The summed E-state index contributed by atoms with van der Waals surface area (Å²) in [6, 6.07) is 5.20. The summed E-state index contributed by atoms with van der Waals surface area (Å²) in [6.07, 6.45) is 3.98. The van der Waals surface area contributed by atoms with Crippen LogP contribution in [0.5, 0.6) is 0 Å². The van der Waals surface area contributed by atoms with Gasteiger partial charge in [-0.2, -0.15) is 5.10 Å². The average Bonchev–Trinajstić information content (AvgIpc) is 2.80. The monoisotopic (exact) mass is 326 g/mol. The summed E-state index contributed by atoms with van der Waals surface area (Å²) in [5, 5.41) is 4.75. The highest BCUT2D eigenvalue weighted by atomic mass is 79.9. The summed E-state index contributed by atoms with van der Waals surface area (Å²) in [5.74, 6) is 0.0584. The Kier molecular flexibility index (Phi) is 4.19. The maximum atomic E-state index is 12.1. The van der Waals surface area contributed by atoms with Gasteiger partial charge in [-0.1, -0.05) is 11.6 Å². The van der Waals surface area contributed by atoms with Crippen LogP contribution in [0.2, 0.25) is 5.02 Å². The van der Waals surface area contributed by atoms with Crippen LogP contribution in [-0.4, -0.2) is 15.6 Å². The zero-order valence-electron chi connectivity index (χ0n) is 9.86. The second-order valence-corrected chi connectivity index (χ2v) is 5.19. The molecule has 0 saturated heterocycles. The standard InChI is InChI=1S/C13H12BrClN2O/c1-2-17-8-9(7-16-17)5-13(18)10-3-4-12(15)11(14)6-10/h3-4,6-8H,2,5H2,1H3. The lowest BCUT2D eigenvalue weighted by Crippen LogP contribution is -2.03. The largest absolute Gasteiger partial charge is 0.294 e. The van der Waals surface area contributed by atoms with E-state index in [0.717, 1.165) is 16.6 Å². The highest BCUT2D eigenvalue weighted by Gasteiger charge is 2.10. The van der Waals surface area contributed by atoms with Crippen LogP contribution in [0.25, 0.3) is 0 Å². The van der Waals surface area contributed by atoms with E-state index in [0.29, 0.717) is 17.0 Å². The number of hydrogen-bond donors (Lipinski definition) is 0. The van der Waals surface area contributed by atoms with E-state index in [1.807, 2.05) is 13.1 Å². The van der Waals surface area contributed by atoms with Gasteiger partial charge >= 0.3 is 0 Å². The second-order valence-electron chi connectivity index (χ2n) is 3.93. The second kappa shape index (κ2) is 5.67. The summed E-state index contributed by atoms with van der Waals surface area (Å²) in [5.41, 5.74) is 1.57. The first-order valence-electron chi connectivity index (χ1n) is 5.59. The summed E-state index contributed by atoms with van der Waals surface area (Å²) in [4.78, 5) is 12.1. The number of nitrogens with zero attached hydrogens (tertiary/aromatic N) is 2. The summed E-state index contributed by atoms with van der Waals surface area (Å²) < 4.78 is 2.54. The molecule has 0 bridgehead atoms. The molecule has 0 aliphatic heterocycles. The van der Waals surface area contributed by atoms with Crippen LogP contribution in [-0.2, 0) is 13.0 Å². The average molecular weight is 328 g/mol. The van der Waals surface area contributed by atoms with E-state index < -0.39 is 0 Å². The maximum Gasteiger partial charge on any atom is 0.167 e. The van der Waals surface area contributed by atoms with E-state index in [1.54, 1.807) is 29.1 Å². The van der Waals surface area contributed by atoms with Gasteiger partial charge in [-0.05, 0) is 46.6 Å². The van der Waals surface area contributed by atoms with Crippen LogP contribution in [0.3, 0.4) is 0 Å². The van der Waals surface area contributed by atoms with Gasteiger partial charge in [0.2, 0.25) is 0 Å². The number of ketones is 1. The molecule has 94 valence electrons. The van der Waals surface area contributed by atoms with Gasteiger partial charge in [-0.25, -0.2) is 0 Å². The smallest absolute Gasteiger partial charge is 0.167 e. The Morgan fingerprint density at radius 2 is 2.28 bits per heavy atom. The molecule has 0 unspecified atom stereocenters. The van der Waals surface area contributed by atoms with Crippen LogP contribution in [0.1, 0.15) is 22.8 Å². The highest BCUT2D eigenvalue weighted by Crippen LogP contribution is 2.23. The van der Waals surface area contributed by atoms with Crippen molar-refractivity contribution in [2.75, 3.05) is 0 Å². The van der Waals surface area contributed by atoms with E-state index in [-0.39, 0.29) is 5.78 Å². The number of rotatable bonds is 4. The molecule has 2 aromatic rings. The molecule has 0 atom stereocenters. The lowest BCUT2D eigenvalue weighted by molar-refractivity contribution is 0.0993. The van der Waals surface area contributed by atoms with Crippen LogP contribution >= 0.6 is 27.5 Å². The molecule has 18 heavy (non-hydrogen) atoms. The molecule has 0 radical (unpaired) electrons. The van der Waals surface area contributed by atoms with Crippen molar-refractivity contribution in [3.63, 3.8) is 0 Å². The third-order valence-corrected chi connectivity index (χ3v) is 3.83. The Bertz CT molecular complexity index is 580. The molecular formula is C13H12BrClN2O. The van der Waals surface area contributed by atoms with Gasteiger partial charge in [0, 0.05) is 29.2 Å². The first kappa shape index (κ1) is 13.3. The SMILES string of the molecule is CCn1cc(CC(=O)c2ccc(Cl)c(Br)c2)cn1. The van der Waals surface area contributed by atoms with Gasteiger partial charge in [0.05, 0.1) is 11.2 Å². The van der Waals surface area contributed by atoms with Gasteiger partial charge in [0.1, 0.15) is 0 Å². The predicted octanol–water partition coefficient (Wildman–Crippen LogP) is 3.74. The first-order chi connectivity index (χ1) is 8.60. The van der Waals surface area contributed by atoms with E-state index in [4.69, 9.17) is 11.6 Å². The quantitative estimate of drug-likeness (QED) is 0.802. The fourth-order valence-electron chi connectivity index (χ4n) is 1.63. The summed E-state index contributed by atoms with van der Waals surface area (Å²) in [7, 11) is 0. The number of aryl methyl sites for hydroxylation is 1. The van der Waals surface area contributed by atoms with Gasteiger partial charge in [0.15, 0.2) is 5.78 Å². The topological polar surface area (TPSA) is 34.9 Å². The fraction of sp³-hybridized carbons (Fsp3) is 0.231. The van der Waals surface area contributed by atoms with Gasteiger partial charge in [-0.15, -0.1) is 0 Å². The van der Waals surface area contributed by atoms with Crippen LogP contribution in [0.4, 0.5) is 0 Å². The Morgan fingerprint density at radius 1 is 1.50 bits per heavy atom. The third kappa shape index (κ3) is 3.00. The van der Waals surface area contributed by atoms with Gasteiger partial charge in [-0.3, -0.25) is 9.48 Å². The molecule has 5 heteroatoms. The molecular weight excluding hydrogens is 316 g/mol. The van der Waals surface area contributed by atoms with Gasteiger partial charge < -0.3 is 0 Å². The third-order valence-electron chi connectivity index (χ3n) is 2.62. The molecule has 1 aromatic heterocycles. The minimum absolute atomic E-state index is 0.0584. The normalized spacial score (nSPS) is 10.6. The van der Waals surface area contributed by atoms with Crippen molar-refractivity contribution in [2.45, 2.75) is 19.9 Å². The van der Waals surface area contributed by atoms with Crippen molar-refractivity contribution in [2.24, 2.45) is 0 Å². The zero-order chi connectivity index (χ0) is 13.1. The van der Waals surface area contributed by atoms with Crippen molar-refractivity contribution in [3.8, 4) is 0 Å². The van der Waals surface area contributed by atoms with Crippen molar-refractivity contribution >= 4 is 33.3 Å². The van der Waals surface area contributed by atoms with Crippen molar-refractivity contribution in [1.82, 2.24) is 9.78 Å². The van der Waals surface area contributed by atoms with Crippen molar-refractivity contribution in [1.29, 1.82) is 0 Å². The molecule has 0 amide bonds. The molecule has 2 rings (SSSR count). The van der Waals surface area contributed by atoms with E-state index in [1.165, 1.54) is 0 Å². The number of carbonyl (C=O) groups excluding carboxylic acids is 1. The van der Waals surface area contributed by atoms with Crippen LogP contribution in [0.15, 0.2) is 35.1 Å². The Morgan fingerprint density at radius 3 is 2.89 bits per heavy atom. The maximum absolute atomic E-state index is 12.1. The molecule has 0 saturated carbocycles. The lowest BCUT2D eigenvalue weighted by Gasteiger charge is -2.01. The van der Waals surface area contributed by atoms with Crippen molar-refractivity contribution in [3.05, 3.63) is 51.2 Å². The number of hydrogen-bond acceptors (Lipinski definition) is 2. The predicted molar refractivity (Wildman–Crippen MR) is 75.1 cm³/mol. The lowest BCUT2D eigenvalue weighted by atomic mass is 10.1. The molecule has 1 aromatic carbocycles. The minimum atomic E-state index is 0.0584. The zero-order valence-corrected chi connectivity index (χ0v) is 12.2. The van der Waals surface area contributed by atoms with E-state index >= 15 is 0 Å². The minimum Gasteiger partial charge on any atom is -0.294 e. The molecule has 0 spiro atoms. The molecule has 0 fully saturated rings. The van der Waals surface area contributed by atoms with E-state index in [2.05, 4.69) is 21.0 Å². The molecule has 0 N–H and O–H groups in total.